The van der Waals surface area contributed by atoms with Crippen LogP contribution in [0, 0.1) is 17.5 Å². The van der Waals surface area contributed by atoms with Gasteiger partial charge in [0.15, 0.2) is 5.69 Å². The molecule has 0 radical (unpaired) electrons. The third kappa shape index (κ3) is 5.50. The van der Waals surface area contributed by atoms with E-state index in [0.29, 0.717) is 43.6 Å². The number of hydrogen-bond acceptors (Lipinski definition) is 5. The zero-order chi connectivity index (χ0) is 27.5. The Kier molecular flexibility index (Phi) is 7.36. The molecule has 0 spiro atoms. The zero-order valence-corrected chi connectivity index (χ0v) is 21.1. The molecule has 0 atom stereocenters. The average Bonchev–Trinajstić information content (AvgIpc) is 3.39. The van der Waals surface area contributed by atoms with E-state index in [-0.39, 0.29) is 23.7 Å². The van der Waals surface area contributed by atoms with Gasteiger partial charge in [-0.2, -0.15) is 5.10 Å². The van der Waals surface area contributed by atoms with Crippen molar-refractivity contribution in [3.05, 3.63) is 102 Å². The number of benzene rings is 3. The Morgan fingerprint density at radius 1 is 0.821 bits per heavy atom. The number of halogens is 3. The predicted octanol–water partition coefficient (Wildman–Crippen LogP) is 5.10. The van der Waals surface area contributed by atoms with E-state index < -0.39 is 23.5 Å². The van der Waals surface area contributed by atoms with Crippen LogP contribution in [-0.2, 0) is 4.74 Å². The van der Waals surface area contributed by atoms with Crippen molar-refractivity contribution in [3.63, 3.8) is 0 Å². The van der Waals surface area contributed by atoms with Crippen molar-refractivity contribution in [1.82, 2.24) is 14.7 Å². The minimum absolute atomic E-state index is 0.138. The fourth-order valence-electron chi connectivity index (χ4n) is 4.51. The fourth-order valence-corrected chi connectivity index (χ4v) is 4.51. The SMILES string of the molecule is CCOC(=O)c1cc(-c2ccc(N3CCN(C(=O)c4ccc(F)cc4F)CC3)cc2)n(-c2ccc(F)cc2)n1. The van der Waals surface area contributed by atoms with E-state index in [1.54, 1.807) is 34.7 Å². The zero-order valence-electron chi connectivity index (χ0n) is 21.1. The van der Waals surface area contributed by atoms with Gasteiger partial charge in [0.1, 0.15) is 17.5 Å². The van der Waals surface area contributed by atoms with Gasteiger partial charge in [-0.3, -0.25) is 4.79 Å². The second-order valence-corrected chi connectivity index (χ2v) is 8.97. The Morgan fingerprint density at radius 2 is 1.46 bits per heavy atom. The van der Waals surface area contributed by atoms with Gasteiger partial charge in [0.2, 0.25) is 0 Å². The van der Waals surface area contributed by atoms with E-state index in [9.17, 15) is 22.8 Å². The molecule has 7 nitrogen and oxygen atoms in total. The number of aromatic nitrogens is 2. The number of rotatable bonds is 6. The first kappa shape index (κ1) is 26.0. The summed E-state index contributed by atoms with van der Waals surface area (Å²) in [7, 11) is 0. The van der Waals surface area contributed by atoms with Gasteiger partial charge < -0.3 is 14.5 Å². The highest BCUT2D eigenvalue weighted by atomic mass is 19.1. The number of hydrogen-bond donors (Lipinski definition) is 0. The second kappa shape index (κ2) is 11.0. The largest absolute Gasteiger partial charge is 0.461 e. The first-order valence-corrected chi connectivity index (χ1v) is 12.5. The molecule has 1 amide bonds. The molecule has 1 fully saturated rings. The standard InChI is InChI=1S/C29H25F3N4O3/c1-2-39-29(38)26-18-27(36(33-26)23-10-5-20(30)6-11-23)19-3-8-22(9-4-19)34-13-15-35(16-14-34)28(37)24-12-7-21(31)17-25(24)32/h3-12,17-18H,2,13-16H2,1H3. The summed E-state index contributed by atoms with van der Waals surface area (Å²) in [4.78, 5) is 28.7. The summed E-state index contributed by atoms with van der Waals surface area (Å²) >= 11 is 0. The number of piperazine rings is 1. The van der Waals surface area contributed by atoms with E-state index in [1.807, 2.05) is 24.3 Å². The first-order chi connectivity index (χ1) is 18.8. The van der Waals surface area contributed by atoms with E-state index in [1.165, 1.54) is 18.2 Å². The highest BCUT2D eigenvalue weighted by molar-refractivity contribution is 5.94. The van der Waals surface area contributed by atoms with Gasteiger partial charge in [-0.15, -0.1) is 0 Å². The molecular weight excluding hydrogens is 509 g/mol. The van der Waals surface area contributed by atoms with Gasteiger partial charge >= 0.3 is 5.97 Å². The van der Waals surface area contributed by atoms with Gasteiger partial charge in [-0.1, -0.05) is 12.1 Å². The molecule has 1 aliphatic heterocycles. The summed E-state index contributed by atoms with van der Waals surface area (Å²) in [5.41, 5.74) is 2.93. The van der Waals surface area contributed by atoms with Gasteiger partial charge in [0.05, 0.1) is 23.6 Å². The van der Waals surface area contributed by atoms with Gasteiger partial charge in [-0.25, -0.2) is 22.6 Å². The lowest BCUT2D eigenvalue weighted by Crippen LogP contribution is -2.49. The van der Waals surface area contributed by atoms with Crippen LogP contribution in [0.4, 0.5) is 18.9 Å². The Labute approximate surface area is 223 Å². The van der Waals surface area contributed by atoms with Gasteiger partial charge in [-0.05, 0) is 61.5 Å². The average molecular weight is 535 g/mol. The minimum Gasteiger partial charge on any atom is -0.461 e. The lowest BCUT2D eigenvalue weighted by molar-refractivity contribution is 0.0518. The van der Waals surface area contributed by atoms with Crippen LogP contribution >= 0.6 is 0 Å². The van der Waals surface area contributed by atoms with Crippen LogP contribution in [0.3, 0.4) is 0 Å². The smallest absolute Gasteiger partial charge is 0.358 e. The molecule has 1 saturated heterocycles. The van der Waals surface area contributed by atoms with Gasteiger partial charge in [0.25, 0.3) is 5.91 Å². The summed E-state index contributed by atoms with van der Waals surface area (Å²) in [5.74, 6) is -3.00. The molecule has 5 rings (SSSR count). The van der Waals surface area contributed by atoms with Crippen molar-refractivity contribution < 1.29 is 27.5 Å². The third-order valence-electron chi connectivity index (χ3n) is 6.52. The lowest BCUT2D eigenvalue weighted by atomic mass is 10.1. The Hall–Kier alpha value is -4.60. The molecule has 4 aromatic rings. The molecule has 2 heterocycles. The molecule has 200 valence electrons. The molecule has 3 aromatic carbocycles. The van der Waals surface area contributed by atoms with Crippen molar-refractivity contribution >= 4 is 17.6 Å². The summed E-state index contributed by atoms with van der Waals surface area (Å²) in [6.07, 6.45) is 0. The number of amides is 1. The number of nitrogens with zero attached hydrogens (tertiary/aromatic N) is 4. The maximum absolute atomic E-state index is 14.1. The van der Waals surface area contributed by atoms with Crippen molar-refractivity contribution in [2.45, 2.75) is 6.92 Å². The molecule has 10 heteroatoms. The highest BCUT2D eigenvalue weighted by Crippen LogP contribution is 2.28. The lowest BCUT2D eigenvalue weighted by Gasteiger charge is -2.36. The molecule has 0 unspecified atom stereocenters. The van der Waals surface area contributed by atoms with E-state index in [0.717, 1.165) is 17.3 Å². The summed E-state index contributed by atoms with van der Waals surface area (Å²) in [6, 6.07) is 18.0. The monoisotopic (exact) mass is 534 g/mol. The molecule has 0 aliphatic carbocycles. The normalized spacial score (nSPS) is 13.4. The summed E-state index contributed by atoms with van der Waals surface area (Å²) < 4.78 is 47.5. The molecule has 1 aliphatic rings. The molecule has 0 saturated carbocycles. The summed E-state index contributed by atoms with van der Waals surface area (Å²) in [5, 5.41) is 4.40. The van der Waals surface area contributed by atoms with Crippen LogP contribution in [0.25, 0.3) is 16.9 Å². The van der Waals surface area contributed by atoms with Crippen LogP contribution in [0.5, 0.6) is 0 Å². The molecule has 0 N–H and O–H groups in total. The number of carbonyl (C=O) groups excluding carboxylic acids is 2. The van der Waals surface area contributed by atoms with Crippen molar-refractivity contribution in [2.75, 3.05) is 37.7 Å². The van der Waals surface area contributed by atoms with E-state index >= 15 is 0 Å². The number of carbonyl (C=O) groups is 2. The Bertz CT molecular complexity index is 1500. The van der Waals surface area contributed by atoms with Crippen LogP contribution in [0.1, 0.15) is 27.8 Å². The first-order valence-electron chi connectivity index (χ1n) is 12.5. The maximum Gasteiger partial charge on any atom is 0.358 e. The second-order valence-electron chi connectivity index (χ2n) is 8.97. The minimum atomic E-state index is -0.871. The van der Waals surface area contributed by atoms with Crippen LogP contribution in [0.15, 0.2) is 72.8 Å². The number of ether oxygens (including phenoxy) is 1. The highest BCUT2D eigenvalue weighted by Gasteiger charge is 2.25. The van der Waals surface area contributed by atoms with Crippen molar-refractivity contribution in [3.8, 4) is 16.9 Å². The van der Waals surface area contributed by atoms with Crippen molar-refractivity contribution in [2.24, 2.45) is 0 Å². The van der Waals surface area contributed by atoms with Crippen LogP contribution in [0.2, 0.25) is 0 Å². The molecular formula is C29H25F3N4O3. The number of anilines is 1. The Morgan fingerprint density at radius 3 is 2.10 bits per heavy atom. The molecule has 39 heavy (non-hydrogen) atoms. The number of esters is 1. The van der Waals surface area contributed by atoms with Crippen LogP contribution < -0.4 is 4.90 Å². The van der Waals surface area contributed by atoms with Gasteiger partial charge in [0, 0.05) is 43.5 Å². The molecule has 1 aromatic heterocycles. The third-order valence-corrected chi connectivity index (χ3v) is 6.52. The van der Waals surface area contributed by atoms with Crippen molar-refractivity contribution in [1.29, 1.82) is 0 Å². The topological polar surface area (TPSA) is 67.7 Å². The quantitative estimate of drug-likeness (QED) is 0.322. The fraction of sp³-hybridized carbons (Fsp3) is 0.207. The molecule has 0 bridgehead atoms. The van der Waals surface area contributed by atoms with E-state index in [2.05, 4.69) is 10.00 Å². The van der Waals surface area contributed by atoms with Crippen LogP contribution in [-0.4, -0.2) is 59.3 Å². The maximum atomic E-state index is 14.1. The van der Waals surface area contributed by atoms with E-state index in [4.69, 9.17) is 4.74 Å². The summed E-state index contributed by atoms with van der Waals surface area (Å²) in [6.45, 7) is 3.77. The predicted molar refractivity (Wildman–Crippen MR) is 139 cm³/mol. The Balaban J connectivity index is 1.33.